The van der Waals surface area contributed by atoms with Gasteiger partial charge in [-0.3, -0.25) is 0 Å². The van der Waals surface area contributed by atoms with Gasteiger partial charge < -0.3 is 28.8 Å². The lowest BCUT2D eigenvalue weighted by Gasteiger charge is -2.22. The summed E-state index contributed by atoms with van der Waals surface area (Å²) in [5.74, 6) is 1.05. The van der Waals surface area contributed by atoms with E-state index >= 15 is 0 Å². The van der Waals surface area contributed by atoms with Crippen LogP contribution in [0.3, 0.4) is 0 Å². The molecule has 0 saturated carbocycles. The quantitative estimate of drug-likeness (QED) is 0.536. The van der Waals surface area contributed by atoms with Gasteiger partial charge in [-0.1, -0.05) is 6.58 Å². The van der Waals surface area contributed by atoms with Gasteiger partial charge >= 0.3 is 5.97 Å². The summed E-state index contributed by atoms with van der Waals surface area (Å²) in [6.45, 7) is 5.98. The number of aryl methyl sites for hydroxylation is 1. The molecule has 0 radical (unpaired) electrons. The third-order valence-corrected chi connectivity index (χ3v) is 4.05. The number of esters is 1. The minimum Gasteiger partial charge on any atom is -0.493 e. The standard InChI is InChI=1S/C20H26N2O5/c1-7-27-20(23)13(2)18(14-8-9-22(3)12-14)21-15-10-16(24-4)19(26-6)17(11-15)25-5/h8-12,18,21H,2,7H2,1,3-6H3. The van der Waals surface area contributed by atoms with E-state index < -0.39 is 12.0 Å². The molecule has 0 aliphatic rings. The molecule has 0 bridgehead atoms. The Morgan fingerprint density at radius 3 is 2.26 bits per heavy atom. The summed E-state index contributed by atoms with van der Waals surface area (Å²) >= 11 is 0. The zero-order chi connectivity index (χ0) is 20.0. The Hall–Kier alpha value is -3.09. The normalized spacial score (nSPS) is 11.4. The SMILES string of the molecule is C=C(C(=O)OCC)C(Nc1cc(OC)c(OC)c(OC)c1)c1ccn(C)c1. The van der Waals surface area contributed by atoms with Crippen molar-refractivity contribution >= 4 is 11.7 Å². The molecule has 1 atom stereocenters. The van der Waals surface area contributed by atoms with Gasteiger partial charge in [-0.05, 0) is 18.6 Å². The molecular formula is C20H26N2O5. The number of carbonyl (C=O) groups is 1. The molecule has 146 valence electrons. The second kappa shape index (κ2) is 9.02. The van der Waals surface area contributed by atoms with Gasteiger partial charge in [0.05, 0.1) is 39.6 Å². The van der Waals surface area contributed by atoms with Gasteiger partial charge in [0.2, 0.25) is 5.75 Å². The van der Waals surface area contributed by atoms with Crippen molar-refractivity contribution in [3.8, 4) is 17.2 Å². The molecule has 2 rings (SSSR count). The highest BCUT2D eigenvalue weighted by atomic mass is 16.5. The molecule has 1 N–H and O–H groups in total. The summed E-state index contributed by atoms with van der Waals surface area (Å²) < 4.78 is 23.2. The molecule has 0 saturated heterocycles. The minimum absolute atomic E-state index is 0.281. The third kappa shape index (κ3) is 4.55. The van der Waals surface area contributed by atoms with Crippen molar-refractivity contribution < 1.29 is 23.7 Å². The Kier molecular flexibility index (Phi) is 6.76. The molecule has 7 nitrogen and oxygen atoms in total. The first-order valence-electron chi connectivity index (χ1n) is 8.49. The fourth-order valence-electron chi connectivity index (χ4n) is 2.74. The number of nitrogens with one attached hydrogen (secondary N) is 1. The Morgan fingerprint density at radius 1 is 1.19 bits per heavy atom. The number of rotatable bonds is 9. The van der Waals surface area contributed by atoms with Crippen LogP contribution in [0.5, 0.6) is 17.2 Å². The zero-order valence-corrected chi connectivity index (χ0v) is 16.4. The van der Waals surface area contributed by atoms with E-state index in [1.54, 1.807) is 40.4 Å². The summed E-state index contributed by atoms with van der Waals surface area (Å²) in [6.07, 6.45) is 3.82. The first-order valence-corrected chi connectivity index (χ1v) is 8.49. The molecule has 0 amide bonds. The number of methoxy groups -OCH3 is 3. The molecule has 0 aliphatic carbocycles. The number of hydrogen-bond donors (Lipinski definition) is 1. The van der Waals surface area contributed by atoms with Crippen LogP contribution in [0.4, 0.5) is 5.69 Å². The van der Waals surface area contributed by atoms with Crippen LogP contribution in [0.25, 0.3) is 0 Å². The summed E-state index contributed by atoms with van der Waals surface area (Å²) in [5.41, 5.74) is 1.87. The molecule has 1 unspecified atom stereocenters. The monoisotopic (exact) mass is 374 g/mol. The van der Waals surface area contributed by atoms with Crippen LogP contribution >= 0.6 is 0 Å². The maximum Gasteiger partial charge on any atom is 0.335 e. The van der Waals surface area contributed by atoms with Crippen molar-refractivity contribution in [2.24, 2.45) is 7.05 Å². The van der Waals surface area contributed by atoms with Gasteiger partial charge in [-0.25, -0.2) is 4.79 Å². The van der Waals surface area contributed by atoms with Crippen molar-refractivity contribution in [1.29, 1.82) is 0 Å². The van der Waals surface area contributed by atoms with E-state index in [0.717, 1.165) is 5.56 Å². The molecule has 0 aliphatic heterocycles. The number of hydrogen-bond acceptors (Lipinski definition) is 6. The first-order chi connectivity index (χ1) is 12.9. The zero-order valence-electron chi connectivity index (χ0n) is 16.4. The lowest BCUT2D eigenvalue weighted by Crippen LogP contribution is -2.20. The van der Waals surface area contributed by atoms with Gasteiger partial charge in [0.15, 0.2) is 11.5 Å². The average Bonchev–Trinajstić information content (AvgIpc) is 3.10. The van der Waals surface area contributed by atoms with Crippen LogP contribution in [0.1, 0.15) is 18.5 Å². The molecule has 1 aromatic carbocycles. The Balaban J connectivity index is 2.43. The first kappa shape index (κ1) is 20.2. The van der Waals surface area contributed by atoms with Crippen LogP contribution in [0.2, 0.25) is 0 Å². The smallest absolute Gasteiger partial charge is 0.335 e. The molecular weight excluding hydrogens is 348 g/mol. The van der Waals surface area contributed by atoms with Crippen molar-refractivity contribution in [2.45, 2.75) is 13.0 Å². The van der Waals surface area contributed by atoms with Crippen LogP contribution in [0, 0.1) is 0 Å². The van der Waals surface area contributed by atoms with Gasteiger partial charge in [0.25, 0.3) is 0 Å². The maximum absolute atomic E-state index is 12.3. The molecule has 0 fully saturated rings. The average molecular weight is 374 g/mol. The third-order valence-electron chi connectivity index (χ3n) is 4.05. The summed E-state index contributed by atoms with van der Waals surface area (Å²) in [7, 11) is 6.55. The summed E-state index contributed by atoms with van der Waals surface area (Å²) in [4.78, 5) is 12.3. The van der Waals surface area contributed by atoms with E-state index in [9.17, 15) is 4.79 Å². The highest BCUT2D eigenvalue weighted by Gasteiger charge is 2.24. The Labute approximate surface area is 159 Å². The molecule has 27 heavy (non-hydrogen) atoms. The lowest BCUT2D eigenvalue weighted by atomic mass is 10.0. The predicted octanol–water partition coefficient (Wildman–Crippen LogP) is 3.32. The molecule has 0 spiro atoms. The maximum atomic E-state index is 12.3. The molecule has 2 aromatic rings. The van der Waals surface area contributed by atoms with Crippen molar-refractivity contribution in [3.05, 3.63) is 48.3 Å². The predicted molar refractivity (Wildman–Crippen MR) is 104 cm³/mol. The molecule has 1 aromatic heterocycles. The van der Waals surface area contributed by atoms with E-state index in [1.165, 1.54) is 0 Å². The van der Waals surface area contributed by atoms with E-state index in [0.29, 0.717) is 28.5 Å². The van der Waals surface area contributed by atoms with Crippen LogP contribution in [-0.4, -0.2) is 38.5 Å². The summed E-state index contributed by atoms with van der Waals surface area (Å²) in [6, 6.07) is 4.99. The van der Waals surface area contributed by atoms with Gasteiger partial charge in [0.1, 0.15) is 0 Å². The highest BCUT2D eigenvalue weighted by molar-refractivity contribution is 5.90. The van der Waals surface area contributed by atoms with Crippen LogP contribution in [0.15, 0.2) is 42.7 Å². The van der Waals surface area contributed by atoms with Gasteiger partial charge in [-0.15, -0.1) is 0 Å². The lowest BCUT2D eigenvalue weighted by molar-refractivity contribution is -0.138. The van der Waals surface area contributed by atoms with Crippen molar-refractivity contribution in [3.63, 3.8) is 0 Å². The Bertz CT molecular complexity index is 787. The van der Waals surface area contributed by atoms with E-state index in [-0.39, 0.29) is 6.61 Å². The van der Waals surface area contributed by atoms with Gasteiger partial charge in [-0.2, -0.15) is 0 Å². The number of carbonyl (C=O) groups excluding carboxylic acids is 1. The fraction of sp³-hybridized carbons (Fsp3) is 0.350. The highest BCUT2D eigenvalue weighted by Crippen LogP contribution is 2.41. The Morgan fingerprint density at radius 2 is 1.81 bits per heavy atom. The minimum atomic E-state index is -0.479. The van der Waals surface area contributed by atoms with E-state index in [1.807, 2.05) is 30.1 Å². The number of aromatic nitrogens is 1. The van der Waals surface area contributed by atoms with E-state index in [4.69, 9.17) is 18.9 Å². The number of nitrogens with zero attached hydrogens (tertiary/aromatic N) is 1. The second-order valence-corrected chi connectivity index (χ2v) is 5.85. The van der Waals surface area contributed by atoms with E-state index in [2.05, 4.69) is 11.9 Å². The topological polar surface area (TPSA) is 71.0 Å². The molecule has 1 heterocycles. The number of anilines is 1. The fourth-order valence-corrected chi connectivity index (χ4v) is 2.74. The van der Waals surface area contributed by atoms with Crippen molar-refractivity contribution in [1.82, 2.24) is 4.57 Å². The number of ether oxygens (including phenoxy) is 4. The van der Waals surface area contributed by atoms with Crippen molar-refractivity contribution in [2.75, 3.05) is 33.3 Å². The number of benzene rings is 1. The summed E-state index contributed by atoms with van der Waals surface area (Å²) in [5, 5.41) is 3.32. The van der Waals surface area contributed by atoms with Crippen LogP contribution in [-0.2, 0) is 16.6 Å². The second-order valence-electron chi connectivity index (χ2n) is 5.85. The van der Waals surface area contributed by atoms with Gasteiger partial charge in [0, 0.05) is 37.3 Å². The van der Waals surface area contributed by atoms with Crippen LogP contribution < -0.4 is 19.5 Å². The largest absolute Gasteiger partial charge is 0.493 e. The molecule has 7 heteroatoms.